The number of ether oxygens (including phenoxy) is 1. The van der Waals surface area contributed by atoms with Crippen LogP contribution in [0.25, 0.3) is 5.57 Å². The third kappa shape index (κ3) is 4.45. The van der Waals surface area contributed by atoms with Crippen molar-refractivity contribution < 1.29 is 19.4 Å². The molecule has 0 atom stereocenters. The highest BCUT2D eigenvalue weighted by Crippen LogP contribution is 2.39. The fraction of sp³-hybridized carbons (Fsp3) is 0.333. The molecule has 0 saturated carbocycles. The largest absolute Gasteiger partial charge is 0.494 e. The Morgan fingerprint density at radius 1 is 0.967 bits per heavy atom. The Balaban J connectivity index is 1.98. The number of anilines is 1. The first-order valence-electron chi connectivity index (χ1n) is 9.98. The summed E-state index contributed by atoms with van der Waals surface area (Å²) in [5, 5.41) is 9.25. The van der Waals surface area contributed by atoms with Gasteiger partial charge in [0.25, 0.3) is 11.8 Å². The molecule has 0 bridgehead atoms. The number of rotatable bonds is 7. The molecular weight excluding hydrogens is 398 g/mol. The minimum Gasteiger partial charge on any atom is -0.494 e. The van der Waals surface area contributed by atoms with Gasteiger partial charge < -0.3 is 9.84 Å². The zero-order valence-corrected chi connectivity index (χ0v) is 18.6. The number of benzene rings is 2. The zero-order valence-electron chi connectivity index (χ0n) is 17.8. The normalized spacial score (nSPS) is 14.6. The second-order valence-corrected chi connectivity index (χ2v) is 9.08. The SMILES string of the molecule is CCOc1ccc(C2=C(SCCO)C(=O)N(c3ccc(C(C)(C)C)cc3)C2=O)cc1. The summed E-state index contributed by atoms with van der Waals surface area (Å²) < 4.78 is 5.48. The van der Waals surface area contributed by atoms with E-state index in [1.165, 1.54) is 16.7 Å². The summed E-state index contributed by atoms with van der Waals surface area (Å²) in [5.74, 6) is 0.336. The Labute approximate surface area is 181 Å². The van der Waals surface area contributed by atoms with Crippen molar-refractivity contribution in [3.8, 4) is 5.75 Å². The van der Waals surface area contributed by atoms with Crippen LogP contribution in [0.5, 0.6) is 5.75 Å². The number of thioether (sulfide) groups is 1. The van der Waals surface area contributed by atoms with E-state index < -0.39 is 0 Å². The van der Waals surface area contributed by atoms with E-state index in [4.69, 9.17) is 4.74 Å². The van der Waals surface area contributed by atoms with Gasteiger partial charge in [0.2, 0.25) is 0 Å². The standard InChI is InChI=1S/C24H27NO4S/c1-5-29-19-12-6-16(7-13-19)20-21(30-15-14-26)23(28)25(22(20)27)18-10-8-17(9-11-18)24(2,3)4/h6-13,26H,5,14-15H2,1-4H3. The number of carbonyl (C=O) groups is 2. The van der Waals surface area contributed by atoms with E-state index in [1.54, 1.807) is 24.3 Å². The molecule has 2 aromatic carbocycles. The number of aliphatic hydroxyl groups is 1. The van der Waals surface area contributed by atoms with Crippen molar-refractivity contribution in [3.05, 3.63) is 64.6 Å². The van der Waals surface area contributed by atoms with E-state index in [9.17, 15) is 14.7 Å². The molecule has 6 heteroatoms. The van der Waals surface area contributed by atoms with Gasteiger partial charge in [-0.05, 0) is 47.7 Å². The number of aliphatic hydroxyl groups excluding tert-OH is 1. The van der Waals surface area contributed by atoms with Crippen LogP contribution in [0.1, 0.15) is 38.8 Å². The summed E-state index contributed by atoms with van der Waals surface area (Å²) in [6.07, 6.45) is 0. The van der Waals surface area contributed by atoms with Crippen LogP contribution in [0.3, 0.4) is 0 Å². The lowest BCUT2D eigenvalue weighted by atomic mass is 9.87. The quantitative estimate of drug-likeness (QED) is 0.667. The molecule has 0 fully saturated rings. The minimum atomic E-state index is -0.356. The van der Waals surface area contributed by atoms with Gasteiger partial charge in [0.15, 0.2) is 0 Å². The number of hydrogen-bond donors (Lipinski definition) is 1. The molecular formula is C24H27NO4S. The van der Waals surface area contributed by atoms with Crippen LogP contribution in [0.4, 0.5) is 5.69 Å². The van der Waals surface area contributed by atoms with Crippen LogP contribution in [0, 0.1) is 0 Å². The summed E-state index contributed by atoms with van der Waals surface area (Å²) >= 11 is 1.21. The van der Waals surface area contributed by atoms with E-state index in [0.717, 1.165) is 5.56 Å². The van der Waals surface area contributed by atoms with Crippen molar-refractivity contribution in [2.45, 2.75) is 33.1 Å². The number of nitrogens with zero attached hydrogens (tertiary/aromatic N) is 1. The molecule has 158 valence electrons. The van der Waals surface area contributed by atoms with E-state index in [1.807, 2.05) is 31.2 Å². The van der Waals surface area contributed by atoms with Crippen molar-refractivity contribution in [1.82, 2.24) is 0 Å². The molecule has 1 heterocycles. The Hall–Kier alpha value is -2.57. The lowest BCUT2D eigenvalue weighted by Gasteiger charge is -2.21. The Bertz CT molecular complexity index is 956. The molecule has 0 unspecified atom stereocenters. The van der Waals surface area contributed by atoms with Gasteiger partial charge in [-0.3, -0.25) is 9.59 Å². The highest BCUT2D eigenvalue weighted by Gasteiger charge is 2.40. The number of imide groups is 1. The first-order valence-corrected chi connectivity index (χ1v) is 11.0. The highest BCUT2D eigenvalue weighted by molar-refractivity contribution is 8.04. The maximum Gasteiger partial charge on any atom is 0.272 e. The number of hydrogen-bond acceptors (Lipinski definition) is 5. The van der Waals surface area contributed by atoms with Crippen LogP contribution in [-0.2, 0) is 15.0 Å². The summed E-state index contributed by atoms with van der Waals surface area (Å²) in [5.41, 5.74) is 2.67. The van der Waals surface area contributed by atoms with Crippen molar-refractivity contribution in [1.29, 1.82) is 0 Å². The van der Waals surface area contributed by atoms with Gasteiger partial charge in [-0.1, -0.05) is 45.0 Å². The second kappa shape index (κ2) is 9.06. The maximum absolute atomic E-state index is 13.3. The molecule has 0 saturated heterocycles. The fourth-order valence-electron chi connectivity index (χ4n) is 3.28. The van der Waals surface area contributed by atoms with Crippen LogP contribution in [0.15, 0.2) is 53.4 Å². The second-order valence-electron chi connectivity index (χ2n) is 7.98. The predicted octanol–water partition coefficient (Wildman–Crippen LogP) is 4.39. The molecule has 3 rings (SSSR count). The average molecular weight is 426 g/mol. The van der Waals surface area contributed by atoms with E-state index >= 15 is 0 Å². The Morgan fingerprint density at radius 2 is 1.60 bits per heavy atom. The number of amides is 2. The topological polar surface area (TPSA) is 66.8 Å². The molecule has 1 N–H and O–H groups in total. The maximum atomic E-state index is 13.3. The van der Waals surface area contributed by atoms with Crippen LogP contribution in [0.2, 0.25) is 0 Å². The lowest BCUT2D eigenvalue weighted by Crippen LogP contribution is -2.31. The van der Waals surface area contributed by atoms with Gasteiger partial charge in [0, 0.05) is 5.75 Å². The molecule has 2 aromatic rings. The Morgan fingerprint density at radius 3 is 2.13 bits per heavy atom. The smallest absolute Gasteiger partial charge is 0.272 e. The molecule has 0 aliphatic carbocycles. The highest BCUT2D eigenvalue weighted by atomic mass is 32.2. The van der Waals surface area contributed by atoms with Gasteiger partial charge in [-0.25, -0.2) is 4.90 Å². The van der Waals surface area contributed by atoms with Crippen molar-refractivity contribution >= 4 is 34.8 Å². The van der Waals surface area contributed by atoms with Gasteiger partial charge >= 0.3 is 0 Å². The summed E-state index contributed by atoms with van der Waals surface area (Å²) in [6, 6.07) is 14.7. The fourth-order valence-corrected chi connectivity index (χ4v) is 4.13. The number of carbonyl (C=O) groups excluding carboxylic acids is 2. The molecule has 2 amide bonds. The summed E-state index contributed by atoms with van der Waals surface area (Å²) in [7, 11) is 0. The van der Waals surface area contributed by atoms with Crippen molar-refractivity contribution in [3.63, 3.8) is 0 Å². The lowest BCUT2D eigenvalue weighted by molar-refractivity contribution is -0.119. The first kappa shape index (κ1) is 22.1. The summed E-state index contributed by atoms with van der Waals surface area (Å²) in [6.45, 7) is 8.72. The monoisotopic (exact) mass is 425 g/mol. The van der Waals surface area contributed by atoms with E-state index in [-0.39, 0.29) is 23.8 Å². The van der Waals surface area contributed by atoms with Crippen LogP contribution < -0.4 is 9.64 Å². The van der Waals surface area contributed by atoms with Crippen LogP contribution >= 0.6 is 11.8 Å². The van der Waals surface area contributed by atoms with Gasteiger partial charge in [-0.2, -0.15) is 0 Å². The third-order valence-electron chi connectivity index (χ3n) is 4.82. The van der Waals surface area contributed by atoms with Gasteiger partial charge in [-0.15, -0.1) is 11.8 Å². The molecule has 0 spiro atoms. The van der Waals surface area contributed by atoms with E-state index in [0.29, 0.717) is 39.8 Å². The van der Waals surface area contributed by atoms with Gasteiger partial charge in [0.05, 0.1) is 29.4 Å². The minimum absolute atomic E-state index is 0.0224. The zero-order chi connectivity index (χ0) is 21.9. The average Bonchev–Trinajstić information content (AvgIpc) is 2.96. The van der Waals surface area contributed by atoms with Crippen molar-refractivity contribution in [2.75, 3.05) is 23.9 Å². The third-order valence-corrected chi connectivity index (χ3v) is 5.88. The molecule has 5 nitrogen and oxygen atoms in total. The predicted molar refractivity (Wildman–Crippen MR) is 122 cm³/mol. The van der Waals surface area contributed by atoms with E-state index in [2.05, 4.69) is 20.8 Å². The van der Waals surface area contributed by atoms with Gasteiger partial charge in [0.1, 0.15) is 5.75 Å². The molecule has 1 aliphatic rings. The summed E-state index contributed by atoms with van der Waals surface area (Å²) in [4.78, 5) is 28.1. The molecule has 1 aliphatic heterocycles. The molecule has 0 radical (unpaired) electrons. The first-order chi connectivity index (χ1) is 14.3. The van der Waals surface area contributed by atoms with Crippen molar-refractivity contribution in [2.24, 2.45) is 0 Å². The Kier molecular flexibility index (Phi) is 6.68. The van der Waals surface area contributed by atoms with Crippen LogP contribution in [-0.4, -0.2) is 35.9 Å². The molecule has 30 heavy (non-hydrogen) atoms. The molecule has 0 aromatic heterocycles.